The molecule has 2 saturated heterocycles. The number of Topliss-reactive ketones (excluding diaryl/α,β-unsaturated/α-hetero) is 2. The maximum Gasteiger partial charge on any atom is 0.246 e. The zero-order chi connectivity index (χ0) is 72.8. The maximum absolute atomic E-state index is 15.3. The number of rotatable bonds is 21. The Morgan fingerprint density at radius 1 is 0.505 bits per heavy atom. The summed E-state index contributed by atoms with van der Waals surface area (Å²) < 4.78 is 11.9. The van der Waals surface area contributed by atoms with Crippen molar-refractivity contribution in [2.45, 2.75) is 255 Å². The molecule has 2 rings (SSSR count). The van der Waals surface area contributed by atoms with Crippen LogP contribution in [0.2, 0.25) is 0 Å². The molecule has 0 aromatic heterocycles. The lowest BCUT2D eigenvalue weighted by Gasteiger charge is -2.41. The number of carbonyl (C=O) groups excluding carboxylic acids is 11. The molecule has 2 fully saturated rings. The van der Waals surface area contributed by atoms with E-state index in [1.807, 2.05) is 48.5 Å². The van der Waals surface area contributed by atoms with Crippen LogP contribution < -0.4 is 10.6 Å². The van der Waals surface area contributed by atoms with Gasteiger partial charge in [-0.3, -0.25) is 57.6 Å². The molecule has 0 radical (unpaired) electrons. The van der Waals surface area contributed by atoms with Crippen molar-refractivity contribution in [1.82, 2.24) is 49.8 Å². The van der Waals surface area contributed by atoms with E-state index < -0.39 is 161 Å². The van der Waals surface area contributed by atoms with Gasteiger partial charge >= 0.3 is 0 Å². The summed E-state index contributed by atoms with van der Waals surface area (Å²) in [6.45, 7) is 34.1. The highest BCUT2D eigenvalue weighted by Gasteiger charge is 2.47. The summed E-state index contributed by atoms with van der Waals surface area (Å²) in [7, 11) is 10.2. The monoisotopic (exact) mass is 1340 g/mol. The standard InChI is InChI=1S/C71H128N10O14/c1-25-27-30-47(13)62(84)61-64(86)73-53(26-2)68(90)74(18)50(16)66(88)79(23)60(51(17)95-34-29-28-31-81-32-35-94-36-33-81)58(83)41-52(45(9)10)67(89)75(19)54(37-42(3)4)57(82)40-48(14)63(85)72-49(15)65(87)76(20)55(38-43(5)6)69(91)77(21)56(39-44(7)8)70(92)78(22)59(46(11)12)71(93)80(61)24/h42-56,59-62,84H,25-41H2,1-24H3,(H,72,85)(H,73,86)/t47-,48-,49-,50-,51-,52+,53+,54+,55+,56+,59+,60+,61+,62-/m1/s1. The van der Waals surface area contributed by atoms with Gasteiger partial charge in [0.05, 0.1) is 31.5 Å². The largest absolute Gasteiger partial charge is 0.390 e. The van der Waals surface area contributed by atoms with E-state index in [9.17, 15) is 33.9 Å². The Hall–Kier alpha value is -5.59. The summed E-state index contributed by atoms with van der Waals surface area (Å²) in [5.41, 5.74) is 0. The summed E-state index contributed by atoms with van der Waals surface area (Å²) >= 11 is 0. The zero-order valence-electron chi connectivity index (χ0n) is 62.8. The SMILES string of the molecule is CCCC[C@@H](C)[C@@H](O)[C@H]1C(=O)N[C@@H](CC)C(=O)N(C)[C@H](C)C(=O)N(C)[C@@H]([C@@H](C)OCCCCN2CCOCC2)C(=O)C[C@@H](C(C)C)C(=O)N(C)[C@@H](CC(C)C)C(=O)C[C@@H](C)C(=O)N[C@H](C)C(=O)N(C)[C@@H](CC(C)C)C(=O)N(C)[C@@H](CC(C)C)C(=O)N(C)[C@@H](C(C)C)C(=O)N1C. The molecule has 3 N–H and O–H groups in total. The Bertz CT molecular complexity index is 2520. The lowest BCUT2D eigenvalue weighted by Crippen LogP contribution is -2.64. The van der Waals surface area contributed by atoms with Crippen molar-refractivity contribution in [3.63, 3.8) is 0 Å². The smallest absolute Gasteiger partial charge is 0.246 e. The molecule has 24 nitrogen and oxygen atoms in total. The van der Waals surface area contributed by atoms with Crippen LogP contribution in [-0.2, 0) is 62.2 Å². The van der Waals surface area contributed by atoms with E-state index in [1.54, 1.807) is 55.4 Å². The quantitative estimate of drug-likeness (QED) is 0.119. The first-order valence-corrected chi connectivity index (χ1v) is 35.3. The van der Waals surface area contributed by atoms with Crippen molar-refractivity contribution >= 4 is 64.7 Å². The van der Waals surface area contributed by atoms with Crippen molar-refractivity contribution in [3.8, 4) is 0 Å². The molecule has 2 aliphatic rings. The number of hydrogen-bond acceptors (Lipinski definition) is 15. The number of ketones is 2. The number of aliphatic hydroxyl groups excluding tert-OH is 1. The Balaban J connectivity index is 3.00. The number of hydrogen-bond donors (Lipinski definition) is 3. The van der Waals surface area contributed by atoms with Crippen LogP contribution in [0.5, 0.6) is 0 Å². The van der Waals surface area contributed by atoms with Gasteiger partial charge in [0.1, 0.15) is 48.3 Å². The summed E-state index contributed by atoms with van der Waals surface area (Å²) in [6.07, 6.45) is 0.920. The first kappa shape index (κ1) is 85.5. The Labute approximate surface area is 570 Å². The number of nitrogens with zero attached hydrogens (tertiary/aromatic N) is 8. The van der Waals surface area contributed by atoms with Gasteiger partial charge < -0.3 is 59.5 Å². The normalized spacial score (nSPS) is 27.7. The van der Waals surface area contributed by atoms with Crippen molar-refractivity contribution < 1.29 is 67.3 Å². The number of carbonyl (C=O) groups is 11. The number of nitrogens with one attached hydrogen (secondary N) is 2. The van der Waals surface area contributed by atoms with Gasteiger partial charge in [-0.15, -0.1) is 0 Å². The van der Waals surface area contributed by atoms with Gasteiger partial charge in [-0.25, -0.2) is 0 Å². The Morgan fingerprint density at radius 2 is 1.00 bits per heavy atom. The summed E-state index contributed by atoms with van der Waals surface area (Å²) in [5.74, 6) is -10.6. The molecule has 0 saturated carbocycles. The fraction of sp³-hybridized carbons (Fsp3) is 0.845. The van der Waals surface area contributed by atoms with Gasteiger partial charge in [-0.05, 0) is 108 Å². The molecule has 0 aliphatic carbocycles. The van der Waals surface area contributed by atoms with Crippen molar-refractivity contribution in [2.75, 3.05) is 88.8 Å². The minimum absolute atomic E-state index is 0.0160. The second-order valence-electron chi connectivity index (χ2n) is 29.5. The fourth-order valence-corrected chi connectivity index (χ4v) is 13.1. The molecule has 0 aromatic rings. The van der Waals surface area contributed by atoms with E-state index >= 15 is 24.0 Å². The molecule has 95 heavy (non-hydrogen) atoms. The molecule has 2 heterocycles. The van der Waals surface area contributed by atoms with Crippen LogP contribution >= 0.6 is 0 Å². The second kappa shape index (κ2) is 40.3. The van der Waals surface area contributed by atoms with Crippen LogP contribution in [0.4, 0.5) is 0 Å². The van der Waals surface area contributed by atoms with E-state index in [0.717, 1.165) is 37.4 Å². The highest BCUT2D eigenvalue weighted by molar-refractivity contribution is 6.00. The summed E-state index contributed by atoms with van der Waals surface area (Å²) in [6, 6.07) is -11.1. The molecule has 14 atom stereocenters. The molecule has 0 unspecified atom stereocenters. The van der Waals surface area contributed by atoms with Crippen LogP contribution in [0.15, 0.2) is 0 Å². The number of aliphatic hydroxyl groups is 1. The van der Waals surface area contributed by atoms with Crippen molar-refractivity contribution in [3.05, 3.63) is 0 Å². The van der Waals surface area contributed by atoms with Gasteiger partial charge in [0.25, 0.3) is 0 Å². The number of amides is 9. The van der Waals surface area contributed by atoms with Gasteiger partial charge in [-0.2, -0.15) is 0 Å². The first-order chi connectivity index (χ1) is 44.2. The van der Waals surface area contributed by atoms with Crippen LogP contribution in [0.25, 0.3) is 0 Å². The second-order valence-corrected chi connectivity index (χ2v) is 29.5. The lowest BCUT2D eigenvalue weighted by molar-refractivity contribution is -0.157. The molecule has 0 aromatic carbocycles. The van der Waals surface area contributed by atoms with E-state index in [4.69, 9.17) is 9.47 Å². The number of ether oxygens (including phenoxy) is 2. The fourth-order valence-electron chi connectivity index (χ4n) is 13.1. The predicted molar refractivity (Wildman–Crippen MR) is 368 cm³/mol. The average molecular weight is 1350 g/mol. The molecule has 0 spiro atoms. The molecule has 2 aliphatic heterocycles. The topological polar surface area (TPSA) is 276 Å². The molecule has 0 bridgehead atoms. The van der Waals surface area contributed by atoms with Crippen LogP contribution in [-0.4, -0.2) is 264 Å². The van der Waals surface area contributed by atoms with Crippen LogP contribution in [0.1, 0.15) is 188 Å². The van der Waals surface area contributed by atoms with Gasteiger partial charge in [-0.1, -0.05) is 110 Å². The van der Waals surface area contributed by atoms with Crippen LogP contribution in [0, 0.1) is 47.3 Å². The van der Waals surface area contributed by atoms with Crippen molar-refractivity contribution in [1.29, 1.82) is 0 Å². The maximum atomic E-state index is 15.3. The van der Waals surface area contributed by atoms with Crippen LogP contribution in [0.3, 0.4) is 0 Å². The highest BCUT2D eigenvalue weighted by atomic mass is 16.5. The number of morpholine rings is 1. The van der Waals surface area contributed by atoms with E-state index in [0.29, 0.717) is 32.5 Å². The van der Waals surface area contributed by atoms with E-state index in [2.05, 4.69) is 15.5 Å². The van der Waals surface area contributed by atoms with Crippen molar-refractivity contribution in [2.24, 2.45) is 47.3 Å². The summed E-state index contributed by atoms with van der Waals surface area (Å²) in [4.78, 5) is 175. The Kier molecular flexibility index (Phi) is 36.3. The molecular weight excluding hydrogens is 1220 g/mol. The average Bonchev–Trinajstić information content (AvgIpc) is 0.815. The lowest BCUT2D eigenvalue weighted by atomic mass is 9.85. The third kappa shape index (κ3) is 24.4. The van der Waals surface area contributed by atoms with Gasteiger partial charge in [0.15, 0.2) is 11.6 Å². The molecule has 24 heteroatoms. The number of unbranched alkanes of at least 4 members (excludes halogenated alkanes) is 2. The predicted octanol–water partition coefficient (Wildman–Crippen LogP) is 5.53. The molecular formula is C71H128N10O14. The first-order valence-electron chi connectivity index (χ1n) is 35.3. The van der Waals surface area contributed by atoms with E-state index in [1.165, 1.54) is 92.6 Å². The van der Waals surface area contributed by atoms with Gasteiger partial charge in [0, 0.05) is 93.7 Å². The Morgan fingerprint density at radius 3 is 1.51 bits per heavy atom. The summed E-state index contributed by atoms with van der Waals surface area (Å²) in [5, 5.41) is 17.8. The zero-order valence-corrected chi connectivity index (χ0v) is 62.8. The van der Waals surface area contributed by atoms with E-state index in [-0.39, 0.29) is 62.9 Å². The molecule has 9 amide bonds. The minimum atomic E-state index is -1.60. The number of likely N-dealkylation sites (N-methyl/N-ethyl adjacent to an activating group) is 7. The van der Waals surface area contributed by atoms with Gasteiger partial charge in [0.2, 0.25) is 53.2 Å². The minimum Gasteiger partial charge on any atom is -0.390 e. The third-order valence-corrected chi connectivity index (χ3v) is 19.5. The third-order valence-electron chi connectivity index (χ3n) is 19.5. The molecule has 546 valence electrons. The highest BCUT2D eigenvalue weighted by Crippen LogP contribution is 2.29.